The highest BCUT2D eigenvalue weighted by molar-refractivity contribution is 5.48. The summed E-state index contributed by atoms with van der Waals surface area (Å²) >= 11 is 0. The van der Waals surface area contributed by atoms with Crippen molar-refractivity contribution in [1.29, 1.82) is 0 Å². The predicted molar refractivity (Wildman–Crippen MR) is 64.0 cm³/mol. The molecule has 1 aromatic carbocycles. The number of rotatable bonds is 4. The summed E-state index contributed by atoms with van der Waals surface area (Å²) in [5, 5.41) is 10.1. The predicted octanol–water partition coefficient (Wildman–Crippen LogP) is 2.71. The molecule has 90 valence electrons. The lowest BCUT2D eigenvalue weighted by Gasteiger charge is -2.25. The van der Waals surface area contributed by atoms with Crippen molar-refractivity contribution in [3.8, 4) is 11.5 Å². The van der Waals surface area contributed by atoms with Gasteiger partial charge in [-0.15, -0.1) is 0 Å². The van der Waals surface area contributed by atoms with Gasteiger partial charge in [0.25, 0.3) is 0 Å². The van der Waals surface area contributed by atoms with Crippen LogP contribution in [0.4, 0.5) is 0 Å². The molecule has 0 heterocycles. The minimum absolute atomic E-state index is 0.0632. The fraction of sp³-hybridized carbons (Fsp3) is 0.538. The van der Waals surface area contributed by atoms with Gasteiger partial charge in [0, 0.05) is 0 Å². The molecule has 0 radical (unpaired) electrons. The first-order valence-electron chi connectivity index (χ1n) is 5.42. The van der Waals surface area contributed by atoms with Crippen LogP contribution in [0.15, 0.2) is 18.2 Å². The van der Waals surface area contributed by atoms with Crippen molar-refractivity contribution in [2.45, 2.75) is 39.4 Å². The summed E-state index contributed by atoms with van der Waals surface area (Å²) in [6, 6.07) is 5.52. The van der Waals surface area contributed by atoms with E-state index in [4.69, 9.17) is 9.47 Å². The Morgan fingerprint density at radius 2 is 1.75 bits per heavy atom. The summed E-state index contributed by atoms with van der Waals surface area (Å²) in [6.45, 7) is 7.34. The molecule has 0 saturated heterocycles. The Labute approximate surface area is 97.0 Å². The van der Waals surface area contributed by atoms with E-state index in [9.17, 15) is 5.11 Å². The molecule has 0 aliphatic carbocycles. The lowest BCUT2D eigenvalue weighted by atomic mass is 9.96. The van der Waals surface area contributed by atoms with Gasteiger partial charge in [0.1, 0.15) is 11.5 Å². The van der Waals surface area contributed by atoms with Crippen LogP contribution in [-0.2, 0) is 5.60 Å². The maximum Gasteiger partial charge on any atom is 0.129 e. The number of hydrogen-bond acceptors (Lipinski definition) is 3. The SMILES string of the molecule is COc1cccc(OC(C)C)c1C(C)(C)O. The van der Waals surface area contributed by atoms with Gasteiger partial charge in [0.05, 0.1) is 24.4 Å². The van der Waals surface area contributed by atoms with Gasteiger partial charge in [0.15, 0.2) is 0 Å². The van der Waals surface area contributed by atoms with E-state index < -0.39 is 5.60 Å². The fourth-order valence-electron chi connectivity index (χ4n) is 1.64. The highest BCUT2D eigenvalue weighted by Crippen LogP contribution is 2.37. The van der Waals surface area contributed by atoms with E-state index in [1.165, 1.54) is 0 Å². The van der Waals surface area contributed by atoms with E-state index >= 15 is 0 Å². The van der Waals surface area contributed by atoms with Crippen molar-refractivity contribution in [2.24, 2.45) is 0 Å². The standard InChI is InChI=1S/C13H20O3/c1-9(2)16-11-8-6-7-10(15-5)12(11)13(3,4)14/h6-9,14H,1-5H3. The molecule has 1 N–H and O–H groups in total. The lowest BCUT2D eigenvalue weighted by molar-refractivity contribution is 0.0701. The van der Waals surface area contributed by atoms with Crippen molar-refractivity contribution in [2.75, 3.05) is 7.11 Å². The molecule has 0 aliphatic heterocycles. The highest BCUT2D eigenvalue weighted by Gasteiger charge is 2.26. The van der Waals surface area contributed by atoms with Gasteiger partial charge in [0.2, 0.25) is 0 Å². The van der Waals surface area contributed by atoms with E-state index in [-0.39, 0.29) is 6.10 Å². The minimum Gasteiger partial charge on any atom is -0.496 e. The molecular weight excluding hydrogens is 204 g/mol. The molecule has 0 amide bonds. The largest absolute Gasteiger partial charge is 0.496 e. The Bertz CT molecular complexity index is 351. The van der Waals surface area contributed by atoms with Gasteiger partial charge in [-0.05, 0) is 39.8 Å². The second-order valence-electron chi connectivity index (χ2n) is 4.56. The van der Waals surface area contributed by atoms with Gasteiger partial charge in [-0.3, -0.25) is 0 Å². The van der Waals surface area contributed by atoms with Crippen LogP contribution in [0.2, 0.25) is 0 Å². The number of benzene rings is 1. The number of ether oxygens (including phenoxy) is 2. The Morgan fingerprint density at radius 3 is 2.19 bits per heavy atom. The van der Waals surface area contributed by atoms with Crippen LogP contribution < -0.4 is 9.47 Å². The van der Waals surface area contributed by atoms with Crippen LogP contribution in [0.25, 0.3) is 0 Å². The van der Waals surface area contributed by atoms with Gasteiger partial charge in [-0.1, -0.05) is 6.07 Å². The smallest absolute Gasteiger partial charge is 0.129 e. The van der Waals surface area contributed by atoms with E-state index in [2.05, 4.69) is 0 Å². The third kappa shape index (κ3) is 2.89. The molecule has 0 unspecified atom stereocenters. The zero-order chi connectivity index (χ0) is 12.3. The Hall–Kier alpha value is -1.22. The Kier molecular flexibility index (Phi) is 3.81. The summed E-state index contributed by atoms with van der Waals surface area (Å²) in [5.41, 5.74) is -0.303. The maximum atomic E-state index is 10.1. The minimum atomic E-state index is -0.989. The first kappa shape index (κ1) is 12.8. The van der Waals surface area contributed by atoms with Gasteiger partial charge < -0.3 is 14.6 Å². The quantitative estimate of drug-likeness (QED) is 0.854. The Balaban J connectivity index is 3.26. The van der Waals surface area contributed by atoms with Crippen LogP contribution in [0.3, 0.4) is 0 Å². The number of methoxy groups -OCH3 is 1. The van der Waals surface area contributed by atoms with Crippen molar-refractivity contribution in [1.82, 2.24) is 0 Å². The van der Waals surface area contributed by atoms with Crippen molar-refractivity contribution >= 4 is 0 Å². The van der Waals surface area contributed by atoms with Crippen LogP contribution in [-0.4, -0.2) is 18.3 Å². The molecule has 0 aromatic heterocycles. The molecule has 3 nitrogen and oxygen atoms in total. The third-order valence-electron chi connectivity index (χ3n) is 2.18. The molecule has 0 fully saturated rings. The molecule has 3 heteroatoms. The fourth-order valence-corrected chi connectivity index (χ4v) is 1.64. The molecular formula is C13H20O3. The summed E-state index contributed by atoms with van der Waals surface area (Å²) in [5.74, 6) is 1.31. The molecule has 0 aliphatic rings. The zero-order valence-electron chi connectivity index (χ0n) is 10.6. The van der Waals surface area contributed by atoms with Crippen LogP contribution in [0.1, 0.15) is 33.3 Å². The summed E-state index contributed by atoms with van der Waals surface area (Å²) < 4.78 is 10.9. The van der Waals surface area contributed by atoms with Crippen LogP contribution in [0.5, 0.6) is 11.5 Å². The number of aliphatic hydroxyl groups is 1. The highest BCUT2D eigenvalue weighted by atomic mass is 16.5. The van der Waals surface area contributed by atoms with Crippen LogP contribution >= 0.6 is 0 Å². The lowest BCUT2D eigenvalue weighted by Crippen LogP contribution is -2.20. The van der Waals surface area contributed by atoms with Crippen LogP contribution in [0, 0.1) is 0 Å². The van der Waals surface area contributed by atoms with E-state index in [1.54, 1.807) is 21.0 Å². The monoisotopic (exact) mass is 224 g/mol. The van der Waals surface area contributed by atoms with Crippen molar-refractivity contribution < 1.29 is 14.6 Å². The average Bonchev–Trinajstić information content (AvgIpc) is 2.14. The Morgan fingerprint density at radius 1 is 1.19 bits per heavy atom. The first-order chi connectivity index (χ1) is 7.36. The molecule has 1 rings (SSSR count). The molecule has 16 heavy (non-hydrogen) atoms. The first-order valence-corrected chi connectivity index (χ1v) is 5.42. The topological polar surface area (TPSA) is 38.7 Å². The van der Waals surface area contributed by atoms with Crippen molar-refractivity contribution in [3.63, 3.8) is 0 Å². The van der Waals surface area contributed by atoms with E-state index in [1.807, 2.05) is 32.0 Å². The van der Waals surface area contributed by atoms with Gasteiger partial charge in [-0.25, -0.2) is 0 Å². The molecule has 0 spiro atoms. The van der Waals surface area contributed by atoms with Gasteiger partial charge >= 0.3 is 0 Å². The summed E-state index contributed by atoms with van der Waals surface area (Å²) in [4.78, 5) is 0. The van der Waals surface area contributed by atoms with E-state index in [0.717, 1.165) is 0 Å². The molecule has 1 aromatic rings. The third-order valence-corrected chi connectivity index (χ3v) is 2.18. The maximum absolute atomic E-state index is 10.1. The normalized spacial score (nSPS) is 11.7. The van der Waals surface area contributed by atoms with Gasteiger partial charge in [-0.2, -0.15) is 0 Å². The number of hydrogen-bond donors (Lipinski definition) is 1. The molecule has 0 atom stereocenters. The van der Waals surface area contributed by atoms with E-state index in [0.29, 0.717) is 17.1 Å². The zero-order valence-corrected chi connectivity index (χ0v) is 10.6. The summed E-state index contributed by atoms with van der Waals surface area (Å²) in [6.07, 6.45) is 0.0632. The molecule has 0 saturated carbocycles. The summed E-state index contributed by atoms with van der Waals surface area (Å²) in [7, 11) is 1.59. The average molecular weight is 224 g/mol. The van der Waals surface area contributed by atoms with Crippen molar-refractivity contribution in [3.05, 3.63) is 23.8 Å². The second kappa shape index (κ2) is 4.74. The second-order valence-corrected chi connectivity index (χ2v) is 4.56. The molecule has 0 bridgehead atoms.